The van der Waals surface area contributed by atoms with E-state index in [0.717, 1.165) is 16.9 Å². The average molecular weight is 422 g/mol. The molecule has 0 radical (unpaired) electrons. The number of imidazole rings is 1. The molecule has 0 fully saturated rings. The predicted octanol–water partition coefficient (Wildman–Crippen LogP) is 3.91. The van der Waals surface area contributed by atoms with Gasteiger partial charge in [-0.05, 0) is 19.1 Å². The predicted molar refractivity (Wildman–Crippen MR) is 119 cm³/mol. The molecule has 5 rings (SSSR count). The minimum Gasteiger partial charge on any atom is -0.494 e. The number of aryl methyl sites for hydroxylation is 1. The van der Waals surface area contributed by atoms with Gasteiger partial charge >= 0.3 is 0 Å². The first kappa shape index (κ1) is 19.3. The first-order valence-corrected chi connectivity index (χ1v) is 9.83. The van der Waals surface area contributed by atoms with Crippen molar-refractivity contribution in [3.05, 3.63) is 78.6 Å². The van der Waals surface area contributed by atoms with Crippen molar-refractivity contribution < 1.29 is 4.74 Å². The van der Waals surface area contributed by atoms with Crippen LogP contribution >= 0.6 is 0 Å². The fraction of sp³-hybridized carbons (Fsp3) is 0.0870. The largest absolute Gasteiger partial charge is 0.494 e. The number of fused-ring (bicyclic) bond motifs is 1. The van der Waals surface area contributed by atoms with E-state index in [2.05, 4.69) is 31.4 Å². The molecule has 156 valence electrons. The third-order valence-corrected chi connectivity index (χ3v) is 5.02. The lowest BCUT2D eigenvalue weighted by Gasteiger charge is -2.15. The van der Waals surface area contributed by atoms with Crippen molar-refractivity contribution >= 4 is 17.3 Å². The number of benzene rings is 2. The molecule has 0 bridgehead atoms. The molecule has 0 spiro atoms. The van der Waals surface area contributed by atoms with Gasteiger partial charge in [0.1, 0.15) is 23.7 Å². The van der Waals surface area contributed by atoms with Crippen LogP contribution in [0.25, 0.3) is 22.7 Å². The average Bonchev–Trinajstić information content (AvgIpc) is 3.47. The molecule has 0 saturated heterocycles. The monoisotopic (exact) mass is 422 g/mol. The van der Waals surface area contributed by atoms with Gasteiger partial charge in [-0.1, -0.05) is 30.3 Å². The maximum Gasteiger partial charge on any atom is 0.254 e. The summed E-state index contributed by atoms with van der Waals surface area (Å²) in [6.07, 6.45) is 5.08. The van der Waals surface area contributed by atoms with Gasteiger partial charge in [0.15, 0.2) is 5.82 Å². The summed E-state index contributed by atoms with van der Waals surface area (Å²) in [7, 11) is 1.61. The molecule has 0 amide bonds. The minimum atomic E-state index is 0.363. The van der Waals surface area contributed by atoms with Crippen LogP contribution in [0, 0.1) is 18.3 Å². The maximum atomic E-state index is 10.0. The molecule has 3 heterocycles. The van der Waals surface area contributed by atoms with E-state index in [9.17, 15) is 5.26 Å². The Bertz CT molecular complexity index is 1460. The van der Waals surface area contributed by atoms with Gasteiger partial charge in [-0.2, -0.15) is 24.8 Å². The summed E-state index contributed by atoms with van der Waals surface area (Å²) in [6.45, 7) is 1.93. The number of anilines is 2. The molecule has 0 aliphatic rings. The van der Waals surface area contributed by atoms with E-state index in [-0.39, 0.29) is 0 Å². The first-order chi connectivity index (χ1) is 15.7. The van der Waals surface area contributed by atoms with Crippen molar-refractivity contribution in [3.63, 3.8) is 0 Å². The van der Waals surface area contributed by atoms with Crippen LogP contribution in [0.1, 0.15) is 11.3 Å². The van der Waals surface area contributed by atoms with Gasteiger partial charge in [0.2, 0.25) is 0 Å². The summed E-state index contributed by atoms with van der Waals surface area (Å²) in [5.41, 5.74) is 4.30. The number of ether oxygens (including phenoxy) is 1. The zero-order valence-corrected chi connectivity index (χ0v) is 17.4. The van der Waals surface area contributed by atoms with Crippen LogP contribution in [0.5, 0.6) is 5.75 Å². The Morgan fingerprint density at radius 1 is 1.09 bits per heavy atom. The maximum absolute atomic E-state index is 10.0. The molecule has 32 heavy (non-hydrogen) atoms. The lowest BCUT2D eigenvalue weighted by molar-refractivity contribution is 0.413. The number of aromatic nitrogens is 6. The van der Waals surface area contributed by atoms with Crippen LogP contribution in [0.15, 0.2) is 67.4 Å². The minimum absolute atomic E-state index is 0.363. The zero-order valence-electron chi connectivity index (χ0n) is 17.4. The van der Waals surface area contributed by atoms with Crippen molar-refractivity contribution in [2.24, 2.45) is 0 Å². The number of nitrogens with zero attached hydrogens (tertiary/aromatic N) is 7. The third kappa shape index (κ3) is 3.30. The molecule has 5 aromatic rings. The molecule has 2 aromatic carbocycles. The SMILES string of the molecule is COc1cc(Nc2nc3ncnn3c(-c3ccccc3)c2C#N)ccc1-n1cnc(C)c1. The second-order valence-corrected chi connectivity index (χ2v) is 7.07. The summed E-state index contributed by atoms with van der Waals surface area (Å²) in [5, 5.41) is 17.5. The van der Waals surface area contributed by atoms with E-state index in [0.29, 0.717) is 34.3 Å². The fourth-order valence-corrected chi connectivity index (χ4v) is 3.56. The lowest BCUT2D eigenvalue weighted by atomic mass is 10.1. The molecule has 0 saturated carbocycles. The van der Waals surface area contributed by atoms with Crippen LogP contribution in [-0.4, -0.2) is 36.2 Å². The topological polar surface area (TPSA) is 106 Å². The fourth-order valence-electron chi connectivity index (χ4n) is 3.56. The number of hydrogen-bond donors (Lipinski definition) is 1. The smallest absolute Gasteiger partial charge is 0.254 e. The Morgan fingerprint density at radius 2 is 1.94 bits per heavy atom. The van der Waals surface area contributed by atoms with Crippen LogP contribution in [-0.2, 0) is 0 Å². The molecular weight excluding hydrogens is 404 g/mol. The summed E-state index contributed by atoms with van der Waals surface area (Å²) >= 11 is 0. The first-order valence-electron chi connectivity index (χ1n) is 9.83. The van der Waals surface area contributed by atoms with Gasteiger partial charge in [-0.15, -0.1) is 0 Å². The van der Waals surface area contributed by atoms with Crippen molar-refractivity contribution in [2.75, 3.05) is 12.4 Å². The van der Waals surface area contributed by atoms with E-state index in [1.807, 2.05) is 66.2 Å². The number of nitrogens with one attached hydrogen (secondary N) is 1. The Kier molecular flexibility index (Phi) is 4.72. The van der Waals surface area contributed by atoms with E-state index < -0.39 is 0 Å². The lowest BCUT2D eigenvalue weighted by Crippen LogP contribution is -2.06. The highest BCUT2D eigenvalue weighted by atomic mass is 16.5. The highest BCUT2D eigenvalue weighted by Crippen LogP contribution is 2.32. The standard InChI is InChI=1S/C23H18N8O/c1-15-12-30(14-26-15)19-9-8-17(10-20(19)32-2)28-22-18(11-24)21(16-6-4-3-5-7-16)31-23(29-22)25-13-27-31/h3-10,12-14H,1-2H3,(H,25,27,28,29). The van der Waals surface area contributed by atoms with Gasteiger partial charge in [0.25, 0.3) is 5.78 Å². The molecule has 9 nitrogen and oxygen atoms in total. The van der Waals surface area contributed by atoms with Crippen LogP contribution in [0.2, 0.25) is 0 Å². The molecule has 1 N–H and O–H groups in total. The van der Waals surface area contributed by atoms with Crippen molar-refractivity contribution in [2.45, 2.75) is 6.92 Å². The summed E-state index contributed by atoms with van der Waals surface area (Å²) in [6, 6.07) is 17.5. The van der Waals surface area contributed by atoms with Gasteiger partial charge in [-0.3, -0.25) is 0 Å². The summed E-state index contributed by atoms with van der Waals surface area (Å²) in [4.78, 5) is 13.0. The normalized spacial score (nSPS) is 10.8. The van der Waals surface area contributed by atoms with Crippen molar-refractivity contribution in [1.82, 2.24) is 29.1 Å². The number of rotatable bonds is 5. The van der Waals surface area contributed by atoms with Crippen molar-refractivity contribution in [1.29, 1.82) is 5.26 Å². The molecule has 0 atom stereocenters. The molecule has 0 aliphatic carbocycles. The molecular formula is C23H18N8O. The van der Waals surface area contributed by atoms with Gasteiger partial charge in [0.05, 0.1) is 30.5 Å². The van der Waals surface area contributed by atoms with Crippen molar-refractivity contribution in [3.8, 4) is 28.8 Å². The van der Waals surface area contributed by atoms with E-state index in [4.69, 9.17) is 4.74 Å². The van der Waals surface area contributed by atoms with Crippen LogP contribution in [0.3, 0.4) is 0 Å². The van der Waals surface area contributed by atoms with Crippen LogP contribution in [0.4, 0.5) is 11.5 Å². The highest BCUT2D eigenvalue weighted by Gasteiger charge is 2.19. The third-order valence-electron chi connectivity index (χ3n) is 5.02. The van der Waals surface area contributed by atoms with E-state index >= 15 is 0 Å². The van der Waals surface area contributed by atoms with E-state index in [1.165, 1.54) is 6.33 Å². The highest BCUT2D eigenvalue weighted by molar-refractivity contribution is 5.78. The Labute approximate surface area is 183 Å². The van der Waals surface area contributed by atoms with E-state index in [1.54, 1.807) is 18.0 Å². The molecule has 0 aliphatic heterocycles. The Morgan fingerprint density at radius 3 is 2.66 bits per heavy atom. The molecule has 9 heteroatoms. The van der Waals surface area contributed by atoms with Gasteiger partial charge < -0.3 is 14.6 Å². The number of hydrogen-bond acceptors (Lipinski definition) is 7. The Hall–Kier alpha value is -4.71. The van der Waals surface area contributed by atoms with Gasteiger partial charge in [-0.25, -0.2) is 4.98 Å². The second kappa shape index (κ2) is 7.85. The molecule has 3 aromatic heterocycles. The Balaban J connectivity index is 1.61. The quantitative estimate of drug-likeness (QED) is 0.458. The zero-order chi connectivity index (χ0) is 22.1. The summed E-state index contributed by atoms with van der Waals surface area (Å²) < 4.78 is 9.06. The van der Waals surface area contributed by atoms with Crippen LogP contribution < -0.4 is 10.1 Å². The summed E-state index contributed by atoms with van der Waals surface area (Å²) in [5.74, 6) is 1.43. The van der Waals surface area contributed by atoms with Gasteiger partial charge in [0, 0.05) is 23.5 Å². The second-order valence-electron chi connectivity index (χ2n) is 7.07. The molecule has 0 unspecified atom stereocenters. The number of methoxy groups -OCH3 is 1. The number of nitriles is 1.